The molecule has 0 spiro atoms. The molecular formula is C20H40N2O4. The van der Waals surface area contributed by atoms with E-state index in [1.54, 1.807) is 0 Å². The molecule has 6 heteroatoms. The molecule has 0 aromatic rings. The highest BCUT2D eigenvalue weighted by atomic mass is 16.3. The van der Waals surface area contributed by atoms with Gasteiger partial charge in [0.2, 0.25) is 0 Å². The zero-order valence-corrected chi connectivity index (χ0v) is 17.4. The third-order valence-corrected chi connectivity index (χ3v) is 4.45. The van der Waals surface area contributed by atoms with Crippen LogP contribution in [0.5, 0.6) is 0 Å². The summed E-state index contributed by atoms with van der Waals surface area (Å²) >= 11 is 0. The van der Waals surface area contributed by atoms with Gasteiger partial charge in [-0.2, -0.15) is 0 Å². The highest BCUT2D eigenvalue weighted by Crippen LogP contribution is 2.10. The van der Waals surface area contributed by atoms with Crippen molar-refractivity contribution in [2.45, 2.75) is 104 Å². The standard InChI is InChI=1S/C20H40N2O4/c1-13(2)9-7-11-15(5)21-19(25)17(23)18(24)20(26)22-16(6)12-8-10-14(3)4/h13-18,23-24H,7-12H2,1-6H3,(H,21,25)(H,22,26). The van der Waals surface area contributed by atoms with E-state index in [0.29, 0.717) is 11.8 Å². The van der Waals surface area contributed by atoms with Crippen LogP contribution in [0, 0.1) is 11.8 Å². The Labute approximate surface area is 159 Å². The van der Waals surface area contributed by atoms with Crippen molar-refractivity contribution in [3.8, 4) is 0 Å². The van der Waals surface area contributed by atoms with E-state index in [-0.39, 0.29) is 12.1 Å². The summed E-state index contributed by atoms with van der Waals surface area (Å²) in [5.41, 5.74) is 0. The molecule has 0 saturated carbocycles. The van der Waals surface area contributed by atoms with Gasteiger partial charge in [0, 0.05) is 12.1 Å². The van der Waals surface area contributed by atoms with Crippen LogP contribution in [-0.4, -0.2) is 46.3 Å². The molecule has 0 aromatic heterocycles. The Bertz CT molecular complexity index is 375. The first-order valence-corrected chi connectivity index (χ1v) is 10.0. The molecule has 0 aliphatic heterocycles. The molecule has 0 rings (SSSR count). The molecule has 0 heterocycles. The number of hydrogen-bond acceptors (Lipinski definition) is 4. The van der Waals surface area contributed by atoms with Gasteiger partial charge in [-0.25, -0.2) is 0 Å². The van der Waals surface area contributed by atoms with Crippen LogP contribution < -0.4 is 10.6 Å². The summed E-state index contributed by atoms with van der Waals surface area (Å²) in [6.07, 6.45) is 2.18. The minimum atomic E-state index is -1.76. The van der Waals surface area contributed by atoms with Gasteiger partial charge in [0.25, 0.3) is 11.8 Å². The highest BCUT2D eigenvalue weighted by Gasteiger charge is 2.31. The van der Waals surface area contributed by atoms with Crippen LogP contribution in [0.3, 0.4) is 0 Å². The van der Waals surface area contributed by atoms with Crippen LogP contribution in [0.25, 0.3) is 0 Å². The number of hydrogen-bond donors (Lipinski definition) is 4. The predicted molar refractivity (Wildman–Crippen MR) is 105 cm³/mol. The first kappa shape index (κ1) is 24.9. The van der Waals surface area contributed by atoms with Crippen molar-refractivity contribution in [2.24, 2.45) is 11.8 Å². The number of aliphatic hydroxyl groups excluding tert-OH is 2. The molecule has 4 N–H and O–H groups in total. The first-order valence-electron chi connectivity index (χ1n) is 10.0. The van der Waals surface area contributed by atoms with Gasteiger partial charge in [-0.15, -0.1) is 0 Å². The molecule has 0 fully saturated rings. The lowest BCUT2D eigenvalue weighted by atomic mass is 10.0. The van der Waals surface area contributed by atoms with Crippen molar-refractivity contribution in [1.82, 2.24) is 10.6 Å². The van der Waals surface area contributed by atoms with Crippen LogP contribution in [0.1, 0.15) is 80.1 Å². The quantitative estimate of drug-likeness (QED) is 0.399. The molecule has 4 atom stereocenters. The summed E-state index contributed by atoms with van der Waals surface area (Å²) in [5.74, 6) is -0.206. The van der Waals surface area contributed by atoms with E-state index >= 15 is 0 Å². The Hall–Kier alpha value is -1.14. The molecule has 0 aliphatic rings. The zero-order valence-electron chi connectivity index (χ0n) is 17.4. The largest absolute Gasteiger partial charge is 0.380 e. The van der Waals surface area contributed by atoms with E-state index in [2.05, 4.69) is 38.3 Å². The van der Waals surface area contributed by atoms with E-state index < -0.39 is 24.0 Å². The zero-order chi connectivity index (χ0) is 20.3. The third-order valence-electron chi connectivity index (χ3n) is 4.45. The Morgan fingerprint density at radius 1 is 0.654 bits per heavy atom. The van der Waals surface area contributed by atoms with Crippen LogP contribution in [-0.2, 0) is 9.59 Å². The number of aliphatic hydroxyl groups is 2. The second kappa shape index (κ2) is 13.1. The van der Waals surface area contributed by atoms with E-state index in [1.165, 1.54) is 0 Å². The summed E-state index contributed by atoms with van der Waals surface area (Å²) in [5, 5.41) is 25.2. The maximum atomic E-state index is 12.0. The molecule has 0 aromatic carbocycles. The maximum absolute atomic E-state index is 12.0. The minimum absolute atomic E-state index is 0.110. The van der Waals surface area contributed by atoms with Gasteiger partial charge in [0.15, 0.2) is 12.2 Å². The van der Waals surface area contributed by atoms with Crippen molar-refractivity contribution in [3.05, 3.63) is 0 Å². The van der Waals surface area contributed by atoms with Crippen LogP contribution in [0.15, 0.2) is 0 Å². The van der Waals surface area contributed by atoms with E-state index in [9.17, 15) is 19.8 Å². The fraction of sp³-hybridized carbons (Fsp3) is 0.900. The number of amides is 2. The van der Waals surface area contributed by atoms with Gasteiger partial charge < -0.3 is 20.8 Å². The highest BCUT2D eigenvalue weighted by molar-refractivity contribution is 5.90. The van der Waals surface area contributed by atoms with E-state index in [0.717, 1.165) is 38.5 Å². The minimum Gasteiger partial charge on any atom is -0.380 e. The Kier molecular flexibility index (Phi) is 12.5. The van der Waals surface area contributed by atoms with Crippen molar-refractivity contribution in [2.75, 3.05) is 0 Å². The van der Waals surface area contributed by atoms with Crippen LogP contribution >= 0.6 is 0 Å². The second-order valence-electron chi connectivity index (χ2n) is 8.36. The van der Waals surface area contributed by atoms with Gasteiger partial charge in [-0.05, 0) is 38.5 Å². The Morgan fingerprint density at radius 2 is 0.962 bits per heavy atom. The molecule has 2 amide bonds. The molecule has 0 bridgehead atoms. The van der Waals surface area contributed by atoms with Crippen LogP contribution in [0.2, 0.25) is 0 Å². The molecule has 0 aliphatic carbocycles. The summed E-state index contributed by atoms with van der Waals surface area (Å²) < 4.78 is 0. The lowest BCUT2D eigenvalue weighted by Gasteiger charge is -2.22. The van der Waals surface area contributed by atoms with Gasteiger partial charge in [0.1, 0.15) is 0 Å². The molecule has 4 unspecified atom stereocenters. The summed E-state index contributed by atoms with van der Waals surface area (Å²) in [6.45, 7) is 12.3. The number of nitrogens with one attached hydrogen (secondary N) is 2. The van der Waals surface area contributed by atoms with Crippen molar-refractivity contribution < 1.29 is 19.8 Å². The molecule has 154 valence electrons. The fourth-order valence-electron chi connectivity index (χ4n) is 2.75. The molecule has 0 radical (unpaired) electrons. The maximum Gasteiger partial charge on any atom is 0.252 e. The smallest absolute Gasteiger partial charge is 0.252 e. The van der Waals surface area contributed by atoms with Crippen LogP contribution in [0.4, 0.5) is 0 Å². The van der Waals surface area contributed by atoms with Gasteiger partial charge >= 0.3 is 0 Å². The van der Waals surface area contributed by atoms with Crippen molar-refractivity contribution >= 4 is 11.8 Å². The number of rotatable bonds is 13. The lowest BCUT2D eigenvalue weighted by Crippen LogP contribution is -2.52. The molecule has 26 heavy (non-hydrogen) atoms. The topological polar surface area (TPSA) is 98.7 Å². The molecule has 6 nitrogen and oxygen atoms in total. The summed E-state index contributed by atoms with van der Waals surface area (Å²) in [6, 6.07) is -0.220. The molecular weight excluding hydrogens is 332 g/mol. The fourth-order valence-corrected chi connectivity index (χ4v) is 2.75. The Balaban J connectivity index is 4.26. The van der Waals surface area contributed by atoms with Gasteiger partial charge in [-0.3, -0.25) is 9.59 Å². The number of carbonyl (C=O) groups is 2. The monoisotopic (exact) mass is 372 g/mol. The van der Waals surface area contributed by atoms with Crippen molar-refractivity contribution in [3.63, 3.8) is 0 Å². The number of carbonyl (C=O) groups excluding carboxylic acids is 2. The van der Waals surface area contributed by atoms with E-state index in [1.807, 2.05) is 13.8 Å². The predicted octanol–water partition coefficient (Wildman–Crippen LogP) is 2.37. The van der Waals surface area contributed by atoms with Gasteiger partial charge in [0.05, 0.1) is 0 Å². The summed E-state index contributed by atoms with van der Waals surface area (Å²) in [4.78, 5) is 24.1. The first-order chi connectivity index (χ1) is 12.0. The average Bonchev–Trinajstić information content (AvgIpc) is 2.52. The second-order valence-corrected chi connectivity index (χ2v) is 8.36. The molecule has 0 saturated heterocycles. The Morgan fingerprint density at radius 3 is 1.23 bits per heavy atom. The van der Waals surface area contributed by atoms with E-state index in [4.69, 9.17) is 0 Å². The SMILES string of the molecule is CC(C)CCCC(C)NC(=O)C(O)C(O)C(=O)NC(C)CCCC(C)C. The summed E-state index contributed by atoms with van der Waals surface area (Å²) in [7, 11) is 0. The lowest BCUT2D eigenvalue weighted by molar-refractivity contribution is -0.146. The van der Waals surface area contributed by atoms with Crippen molar-refractivity contribution in [1.29, 1.82) is 0 Å². The van der Waals surface area contributed by atoms with Gasteiger partial charge in [-0.1, -0.05) is 53.4 Å². The normalized spacial score (nSPS) is 16.2. The third kappa shape index (κ3) is 11.5. The average molecular weight is 373 g/mol.